The molecule has 0 fully saturated rings. The van der Waals surface area contributed by atoms with E-state index in [-0.39, 0.29) is 33.5 Å². The summed E-state index contributed by atoms with van der Waals surface area (Å²) in [4.78, 5) is 36.1. The highest BCUT2D eigenvalue weighted by molar-refractivity contribution is 7.89. The number of benzene rings is 2. The minimum Gasteiger partial charge on any atom is -0.484 e. The van der Waals surface area contributed by atoms with E-state index in [4.69, 9.17) is 4.74 Å². The van der Waals surface area contributed by atoms with Crippen LogP contribution >= 0.6 is 0 Å². The van der Waals surface area contributed by atoms with Crippen LogP contribution in [-0.4, -0.2) is 53.1 Å². The quantitative estimate of drug-likeness (QED) is 0.497. The molecule has 1 atom stereocenters. The molecule has 0 radical (unpaired) electrons. The molecule has 0 aromatic heterocycles. The minimum absolute atomic E-state index is 0.0550. The van der Waals surface area contributed by atoms with Crippen molar-refractivity contribution in [1.82, 2.24) is 4.72 Å². The third-order valence-corrected chi connectivity index (χ3v) is 6.14. The fourth-order valence-electron chi connectivity index (χ4n) is 2.65. The summed E-state index contributed by atoms with van der Waals surface area (Å²) >= 11 is 0. The van der Waals surface area contributed by atoms with Crippen molar-refractivity contribution < 1.29 is 37.0 Å². The molecule has 2 N–H and O–H groups in total. The van der Waals surface area contributed by atoms with E-state index in [0.29, 0.717) is 6.42 Å². The second-order valence-electron chi connectivity index (χ2n) is 7.02. The van der Waals surface area contributed by atoms with Crippen LogP contribution in [0, 0.1) is 0 Å². The van der Waals surface area contributed by atoms with Gasteiger partial charge in [0.15, 0.2) is 6.61 Å². The molecule has 178 valence electrons. The van der Waals surface area contributed by atoms with E-state index in [0.717, 1.165) is 0 Å². The molecule has 0 aliphatic heterocycles. The van der Waals surface area contributed by atoms with Crippen LogP contribution in [0.3, 0.4) is 0 Å². The molecule has 0 bridgehead atoms. The Morgan fingerprint density at radius 2 is 1.48 bits per heavy atom. The zero-order valence-corrected chi connectivity index (χ0v) is 19.5. The highest BCUT2D eigenvalue weighted by Crippen LogP contribution is 2.19. The highest BCUT2D eigenvalue weighted by Gasteiger charge is 2.17. The van der Waals surface area contributed by atoms with E-state index in [1.165, 1.54) is 56.7 Å². The van der Waals surface area contributed by atoms with Gasteiger partial charge in [-0.05, 0) is 55.8 Å². The molecule has 0 saturated carbocycles. The molecule has 2 aromatic carbocycles. The summed E-state index contributed by atoms with van der Waals surface area (Å²) in [5, 5.41) is 2.53. The number of amides is 1. The maximum atomic E-state index is 12.3. The second-order valence-corrected chi connectivity index (χ2v) is 8.74. The number of nitrogens with one attached hydrogen (secondary N) is 2. The zero-order valence-electron chi connectivity index (χ0n) is 18.7. The second kappa shape index (κ2) is 11.4. The van der Waals surface area contributed by atoms with Crippen LogP contribution in [0.15, 0.2) is 47.4 Å². The van der Waals surface area contributed by atoms with E-state index in [1.807, 2.05) is 6.92 Å². The molecule has 2 rings (SSSR count). The SMILES string of the molecule is CC[C@@H](C)NS(=O)(=O)c1ccc(OCC(=O)Nc2cc(C(=O)OC)cc(C(=O)OC)c2)cc1. The lowest BCUT2D eigenvalue weighted by atomic mass is 10.1. The first-order chi connectivity index (χ1) is 15.6. The van der Waals surface area contributed by atoms with Crippen LogP contribution in [0.25, 0.3) is 0 Å². The van der Waals surface area contributed by atoms with Gasteiger partial charge in [-0.2, -0.15) is 0 Å². The Hall–Kier alpha value is -3.44. The Bertz CT molecular complexity index is 1080. The number of carbonyl (C=O) groups excluding carboxylic acids is 3. The van der Waals surface area contributed by atoms with Crippen molar-refractivity contribution in [2.45, 2.75) is 31.2 Å². The minimum atomic E-state index is -3.65. The summed E-state index contributed by atoms with van der Waals surface area (Å²) < 4.78 is 41.9. The number of rotatable bonds is 10. The first-order valence-corrected chi connectivity index (χ1v) is 11.4. The van der Waals surface area contributed by atoms with Gasteiger partial charge in [0.1, 0.15) is 5.75 Å². The summed E-state index contributed by atoms with van der Waals surface area (Å²) in [5.41, 5.74) is 0.281. The fraction of sp³-hybridized carbons (Fsp3) is 0.318. The Morgan fingerprint density at radius 3 is 1.97 bits per heavy atom. The van der Waals surface area contributed by atoms with E-state index < -0.39 is 34.5 Å². The average molecular weight is 479 g/mol. The van der Waals surface area contributed by atoms with E-state index >= 15 is 0 Å². The normalized spacial score (nSPS) is 11.9. The number of carbonyl (C=O) groups is 3. The lowest BCUT2D eigenvalue weighted by Gasteiger charge is -2.13. The molecule has 10 nitrogen and oxygen atoms in total. The number of hydrogen-bond donors (Lipinski definition) is 2. The molecule has 11 heteroatoms. The average Bonchev–Trinajstić information content (AvgIpc) is 2.81. The van der Waals surface area contributed by atoms with Crippen LogP contribution < -0.4 is 14.8 Å². The Balaban J connectivity index is 2.05. The maximum absolute atomic E-state index is 12.3. The van der Waals surface area contributed by atoms with Crippen LogP contribution in [-0.2, 0) is 24.3 Å². The van der Waals surface area contributed by atoms with Crippen LogP contribution in [0.1, 0.15) is 41.0 Å². The van der Waals surface area contributed by atoms with Crippen molar-refractivity contribution in [2.75, 3.05) is 26.1 Å². The van der Waals surface area contributed by atoms with Crippen molar-refractivity contribution >= 4 is 33.6 Å². The molecule has 0 heterocycles. The Morgan fingerprint density at radius 1 is 0.939 bits per heavy atom. The van der Waals surface area contributed by atoms with Gasteiger partial charge in [0.2, 0.25) is 10.0 Å². The number of anilines is 1. The fourth-order valence-corrected chi connectivity index (χ4v) is 3.98. The number of ether oxygens (including phenoxy) is 3. The van der Waals surface area contributed by atoms with Gasteiger partial charge in [-0.15, -0.1) is 0 Å². The van der Waals surface area contributed by atoms with Crippen molar-refractivity contribution in [1.29, 1.82) is 0 Å². The molecular weight excluding hydrogens is 452 g/mol. The Labute approximate surface area is 192 Å². The van der Waals surface area contributed by atoms with Gasteiger partial charge in [0, 0.05) is 11.7 Å². The summed E-state index contributed by atoms with van der Waals surface area (Å²) in [6.45, 7) is 3.24. The zero-order chi connectivity index (χ0) is 24.6. The van der Waals surface area contributed by atoms with Gasteiger partial charge >= 0.3 is 11.9 Å². The third-order valence-electron chi connectivity index (χ3n) is 4.53. The summed E-state index contributed by atoms with van der Waals surface area (Å²) in [5.74, 6) is -1.66. The van der Waals surface area contributed by atoms with Gasteiger partial charge in [-0.1, -0.05) is 6.92 Å². The summed E-state index contributed by atoms with van der Waals surface area (Å²) in [7, 11) is -1.27. The molecule has 0 aliphatic rings. The molecule has 0 aliphatic carbocycles. The highest BCUT2D eigenvalue weighted by atomic mass is 32.2. The lowest BCUT2D eigenvalue weighted by molar-refractivity contribution is -0.118. The summed E-state index contributed by atoms with van der Waals surface area (Å²) in [6, 6.07) is 9.40. The molecule has 1 amide bonds. The van der Waals surface area contributed by atoms with Crippen molar-refractivity contribution in [3.8, 4) is 5.75 Å². The maximum Gasteiger partial charge on any atom is 0.337 e. The first kappa shape index (κ1) is 25.8. The molecule has 0 saturated heterocycles. The van der Waals surface area contributed by atoms with Gasteiger partial charge in [-0.25, -0.2) is 22.7 Å². The van der Waals surface area contributed by atoms with Crippen LogP contribution in [0.5, 0.6) is 5.75 Å². The predicted octanol–water partition coefficient (Wildman–Crippen LogP) is 2.35. The van der Waals surface area contributed by atoms with E-state index in [1.54, 1.807) is 6.92 Å². The van der Waals surface area contributed by atoms with Gasteiger partial charge < -0.3 is 19.5 Å². The van der Waals surface area contributed by atoms with Gasteiger partial charge in [-0.3, -0.25) is 4.79 Å². The topological polar surface area (TPSA) is 137 Å². The van der Waals surface area contributed by atoms with Crippen LogP contribution in [0.4, 0.5) is 5.69 Å². The predicted molar refractivity (Wildman–Crippen MR) is 120 cm³/mol. The largest absolute Gasteiger partial charge is 0.484 e. The molecule has 0 spiro atoms. The van der Waals surface area contributed by atoms with E-state index in [9.17, 15) is 22.8 Å². The first-order valence-electron chi connectivity index (χ1n) is 9.96. The number of methoxy groups -OCH3 is 2. The monoisotopic (exact) mass is 478 g/mol. The standard InChI is InChI=1S/C22H26N2O8S/c1-5-14(2)24-33(28,29)19-8-6-18(7-9-19)32-13-20(25)23-17-11-15(21(26)30-3)10-16(12-17)22(27)31-4/h6-12,14,24H,5,13H2,1-4H3,(H,23,25)/t14-/m1/s1. The molecule has 33 heavy (non-hydrogen) atoms. The van der Waals surface area contributed by atoms with E-state index in [2.05, 4.69) is 19.5 Å². The molecular formula is C22H26N2O8S. The number of esters is 2. The molecule has 0 unspecified atom stereocenters. The Kier molecular flexibility index (Phi) is 8.94. The van der Waals surface area contributed by atoms with Gasteiger partial charge in [0.05, 0.1) is 30.2 Å². The molecule has 2 aromatic rings. The summed E-state index contributed by atoms with van der Waals surface area (Å²) in [6.07, 6.45) is 0.652. The third kappa shape index (κ3) is 7.29. The van der Waals surface area contributed by atoms with Crippen molar-refractivity contribution in [3.05, 3.63) is 53.6 Å². The number of hydrogen-bond acceptors (Lipinski definition) is 8. The van der Waals surface area contributed by atoms with Crippen molar-refractivity contribution in [3.63, 3.8) is 0 Å². The lowest BCUT2D eigenvalue weighted by Crippen LogP contribution is -2.31. The number of sulfonamides is 1. The van der Waals surface area contributed by atoms with Crippen molar-refractivity contribution in [2.24, 2.45) is 0 Å². The van der Waals surface area contributed by atoms with Crippen LogP contribution in [0.2, 0.25) is 0 Å². The smallest absolute Gasteiger partial charge is 0.337 e. The van der Waals surface area contributed by atoms with Gasteiger partial charge in [0.25, 0.3) is 5.91 Å².